The summed E-state index contributed by atoms with van der Waals surface area (Å²) in [6.45, 7) is 6.39. The van der Waals surface area contributed by atoms with E-state index >= 15 is 0 Å². The summed E-state index contributed by atoms with van der Waals surface area (Å²) in [6, 6.07) is 1.71. The molecule has 1 unspecified atom stereocenters. The third kappa shape index (κ3) is 3.78. The molecule has 4 nitrogen and oxygen atoms in total. The molecule has 2 N–H and O–H groups in total. The Labute approximate surface area is 127 Å². The molecular formula is C12H19BrN2O2S2. The van der Waals surface area contributed by atoms with Crippen LogP contribution in [0.5, 0.6) is 0 Å². The zero-order valence-electron chi connectivity index (χ0n) is 11.1. The number of hydrogen-bond acceptors (Lipinski definition) is 4. The smallest absolute Gasteiger partial charge is 0.250 e. The molecule has 1 fully saturated rings. The summed E-state index contributed by atoms with van der Waals surface area (Å²) in [5.74, 6) is 0. The zero-order valence-corrected chi connectivity index (χ0v) is 14.3. The largest absolute Gasteiger partial charge is 0.316 e. The predicted molar refractivity (Wildman–Crippen MR) is 82.2 cm³/mol. The van der Waals surface area contributed by atoms with Crippen molar-refractivity contribution in [1.29, 1.82) is 0 Å². The quantitative estimate of drug-likeness (QED) is 0.860. The van der Waals surface area contributed by atoms with Crippen LogP contribution >= 0.6 is 27.3 Å². The van der Waals surface area contributed by atoms with Crippen molar-refractivity contribution in [2.45, 2.75) is 30.9 Å². The van der Waals surface area contributed by atoms with Crippen LogP contribution in [0.1, 0.15) is 25.3 Å². The minimum Gasteiger partial charge on any atom is -0.316 e. The summed E-state index contributed by atoms with van der Waals surface area (Å²) in [5, 5.41) is 3.32. The molecule has 0 saturated carbocycles. The molecule has 1 saturated heterocycles. The summed E-state index contributed by atoms with van der Waals surface area (Å²) in [6.07, 6.45) is 2.15. The van der Waals surface area contributed by atoms with Gasteiger partial charge < -0.3 is 5.32 Å². The highest BCUT2D eigenvalue weighted by Crippen LogP contribution is 2.31. The second kappa shape index (κ2) is 5.81. The van der Waals surface area contributed by atoms with Crippen molar-refractivity contribution in [2.24, 2.45) is 5.41 Å². The van der Waals surface area contributed by atoms with Crippen LogP contribution in [0.3, 0.4) is 0 Å². The van der Waals surface area contributed by atoms with E-state index in [1.165, 1.54) is 11.3 Å². The minimum atomic E-state index is -3.39. The van der Waals surface area contributed by atoms with E-state index in [4.69, 9.17) is 0 Å². The monoisotopic (exact) mass is 366 g/mol. The van der Waals surface area contributed by atoms with Crippen LogP contribution in [0.15, 0.2) is 14.1 Å². The molecule has 0 spiro atoms. The number of nitrogens with one attached hydrogen (secondary N) is 2. The summed E-state index contributed by atoms with van der Waals surface area (Å²) < 4.78 is 28.5. The maximum absolute atomic E-state index is 12.2. The highest BCUT2D eigenvalue weighted by molar-refractivity contribution is 9.11. The van der Waals surface area contributed by atoms with Gasteiger partial charge in [-0.3, -0.25) is 0 Å². The molecule has 108 valence electrons. The lowest BCUT2D eigenvalue weighted by molar-refractivity contribution is 0.238. The van der Waals surface area contributed by atoms with Crippen molar-refractivity contribution in [1.82, 2.24) is 10.0 Å². The Kier molecular flexibility index (Phi) is 4.72. The number of aryl methyl sites for hydroxylation is 1. The molecular weight excluding hydrogens is 348 g/mol. The Morgan fingerprint density at radius 3 is 2.84 bits per heavy atom. The fraction of sp³-hybridized carbons (Fsp3) is 0.667. The van der Waals surface area contributed by atoms with Gasteiger partial charge in [-0.2, -0.15) is 0 Å². The molecule has 1 aromatic heterocycles. The predicted octanol–water partition coefficient (Wildman–Crippen LogP) is 2.49. The van der Waals surface area contributed by atoms with Gasteiger partial charge >= 0.3 is 0 Å². The highest BCUT2D eigenvalue weighted by Gasteiger charge is 2.29. The standard InChI is InChI=1S/C12H19BrN2O2S2/c1-9-6-10(18-11(9)13)19(16,17)15-8-12(2)4-3-5-14-7-12/h6,14-15H,3-5,7-8H2,1-2H3. The van der Waals surface area contributed by atoms with Crippen LogP contribution in [-0.4, -0.2) is 28.1 Å². The van der Waals surface area contributed by atoms with Gasteiger partial charge in [0.25, 0.3) is 0 Å². The van der Waals surface area contributed by atoms with Gasteiger partial charge in [-0.25, -0.2) is 13.1 Å². The topological polar surface area (TPSA) is 58.2 Å². The zero-order chi connectivity index (χ0) is 14.1. The molecule has 7 heteroatoms. The van der Waals surface area contributed by atoms with Crippen molar-refractivity contribution in [2.75, 3.05) is 19.6 Å². The van der Waals surface area contributed by atoms with Gasteiger partial charge in [0.15, 0.2) is 0 Å². The first kappa shape index (κ1) is 15.4. The van der Waals surface area contributed by atoms with E-state index in [1.54, 1.807) is 6.07 Å². The summed E-state index contributed by atoms with van der Waals surface area (Å²) in [5.41, 5.74) is 0.963. The maximum atomic E-state index is 12.2. The number of halogens is 1. The van der Waals surface area contributed by atoms with E-state index in [1.807, 2.05) is 6.92 Å². The number of hydrogen-bond donors (Lipinski definition) is 2. The molecule has 1 atom stereocenters. The first-order chi connectivity index (χ1) is 8.82. The molecule has 2 rings (SSSR count). The van der Waals surface area contributed by atoms with Crippen molar-refractivity contribution >= 4 is 37.3 Å². The first-order valence-corrected chi connectivity index (χ1v) is 9.38. The summed E-state index contributed by atoms with van der Waals surface area (Å²) in [7, 11) is -3.39. The van der Waals surface area contributed by atoms with Crippen LogP contribution in [0, 0.1) is 12.3 Å². The molecule has 0 aliphatic carbocycles. The number of rotatable bonds is 4. The van der Waals surface area contributed by atoms with Gasteiger partial charge in [-0.1, -0.05) is 6.92 Å². The van der Waals surface area contributed by atoms with Crippen molar-refractivity contribution in [3.63, 3.8) is 0 Å². The van der Waals surface area contributed by atoms with Crippen LogP contribution in [0.4, 0.5) is 0 Å². The van der Waals surface area contributed by atoms with Crippen LogP contribution in [-0.2, 0) is 10.0 Å². The molecule has 1 aliphatic rings. The van der Waals surface area contributed by atoms with Crippen molar-refractivity contribution in [3.8, 4) is 0 Å². The lowest BCUT2D eigenvalue weighted by Crippen LogP contribution is -2.45. The van der Waals surface area contributed by atoms with E-state index in [0.717, 1.165) is 35.3 Å². The average molecular weight is 367 g/mol. The van der Waals surface area contributed by atoms with E-state index in [9.17, 15) is 8.42 Å². The fourth-order valence-electron chi connectivity index (χ4n) is 2.17. The maximum Gasteiger partial charge on any atom is 0.250 e. The van der Waals surface area contributed by atoms with E-state index in [0.29, 0.717) is 10.8 Å². The summed E-state index contributed by atoms with van der Waals surface area (Å²) >= 11 is 4.62. The highest BCUT2D eigenvalue weighted by atomic mass is 79.9. The number of piperidine rings is 1. The Hall–Kier alpha value is 0.0500. The lowest BCUT2D eigenvalue weighted by atomic mass is 9.83. The Bertz CT molecular complexity index is 529. The Morgan fingerprint density at radius 2 is 2.32 bits per heavy atom. The Balaban J connectivity index is 2.05. The molecule has 0 aromatic carbocycles. The van der Waals surface area contributed by atoms with E-state index < -0.39 is 10.0 Å². The van der Waals surface area contributed by atoms with Gasteiger partial charge in [-0.05, 0) is 59.3 Å². The lowest BCUT2D eigenvalue weighted by Gasteiger charge is -2.34. The molecule has 1 aromatic rings. The van der Waals surface area contributed by atoms with Crippen molar-refractivity contribution < 1.29 is 8.42 Å². The second-order valence-corrected chi connectivity index (χ2v) is 9.80. The molecule has 19 heavy (non-hydrogen) atoms. The van der Waals surface area contributed by atoms with E-state index in [2.05, 4.69) is 32.9 Å². The van der Waals surface area contributed by atoms with Gasteiger partial charge in [0, 0.05) is 13.1 Å². The molecule has 2 heterocycles. The summed E-state index contributed by atoms with van der Waals surface area (Å²) in [4.78, 5) is 0. The minimum absolute atomic E-state index is 0.00879. The second-order valence-electron chi connectivity index (χ2n) is 5.44. The van der Waals surface area contributed by atoms with Gasteiger partial charge in [0.2, 0.25) is 10.0 Å². The van der Waals surface area contributed by atoms with Gasteiger partial charge in [0.05, 0.1) is 3.79 Å². The normalized spacial score (nSPS) is 24.6. The number of sulfonamides is 1. The van der Waals surface area contributed by atoms with Gasteiger partial charge in [0.1, 0.15) is 4.21 Å². The molecule has 0 radical (unpaired) electrons. The van der Waals surface area contributed by atoms with Crippen LogP contribution in [0.2, 0.25) is 0 Å². The fourth-order valence-corrected chi connectivity index (χ4v) is 5.64. The molecule has 0 bridgehead atoms. The van der Waals surface area contributed by atoms with Crippen LogP contribution in [0.25, 0.3) is 0 Å². The van der Waals surface area contributed by atoms with E-state index in [-0.39, 0.29) is 5.41 Å². The number of thiophene rings is 1. The third-order valence-electron chi connectivity index (χ3n) is 3.47. The van der Waals surface area contributed by atoms with Crippen molar-refractivity contribution in [3.05, 3.63) is 15.4 Å². The Morgan fingerprint density at radius 1 is 1.58 bits per heavy atom. The SMILES string of the molecule is Cc1cc(S(=O)(=O)NCC2(C)CCCNC2)sc1Br. The third-order valence-corrected chi connectivity index (χ3v) is 7.49. The van der Waals surface area contributed by atoms with Gasteiger partial charge in [-0.15, -0.1) is 11.3 Å². The van der Waals surface area contributed by atoms with Crippen LogP contribution < -0.4 is 10.0 Å². The molecule has 1 aliphatic heterocycles. The average Bonchev–Trinajstić information content (AvgIpc) is 2.69. The first-order valence-electron chi connectivity index (χ1n) is 6.29. The molecule has 0 amide bonds.